The molecule has 0 aliphatic carbocycles. The van der Waals surface area contributed by atoms with E-state index in [4.69, 9.17) is 4.74 Å². The highest BCUT2D eigenvalue weighted by atomic mass is 32.1. The Hall–Kier alpha value is -1.47. The predicted octanol–water partition coefficient (Wildman–Crippen LogP) is 0.713. The standard InChI is InChI=1S/C11H16N2O4S/c1-8-12-9(7-18-8)11(15)13(4-5-16-2)6-10(14)17-3/h7H,4-6H2,1-3H3. The van der Waals surface area contributed by atoms with Gasteiger partial charge < -0.3 is 14.4 Å². The molecular weight excluding hydrogens is 256 g/mol. The number of aryl methyl sites for hydroxylation is 1. The molecule has 0 aliphatic heterocycles. The summed E-state index contributed by atoms with van der Waals surface area (Å²) in [6, 6.07) is 0. The minimum atomic E-state index is -0.466. The predicted molar refractivity (Wildman–Crippen MR) is 66.6 cm³/mol. The highest BCUT2D eigenvalue weighted by Gasteiger charge is 2.20. The molecule has 100 valence electrons. The zero-order chi connectivity index (χ0) is 13.5. The van der Waals surface area contributed by atoms with E-state index in [9.17, 15) is 9.59 Å². The van der Waals surface area contributed by atoms with Gasteiger partial charge in [-0.3, -0.25) is 9.59 Å². The number of carbonyl (C=O) groups is 2. The van der Waals surface area contributed by atoms with Gasteiger partial charge in [0.2, 0.25) is 0 Å². The second-order valence-electron chi connectivity index (χ2n) is 3.55. The third kappa shape index (κ3) is 4.08. The van der Waals surface area contributed by atoms with Crippen LogP contribution in [0.5, 0.6) is 0 Å². The average molecular weight is 272 g/mol. The van der Waals surface area contributed by atoms with Gasteiger partial charge in [-0.25, -0.2) is 4.98 Å². The van der Waals surface area contributed by atoms with Crippen molar-refractivity contribution in [1.82, 2.24) is 9.88 Å². The van der Waals surface area contributed by atoms with Crippen LogP contribution in [0.2, 0.25) is 0 Å². The molecule has 1 rings (SSSR count). The van der Waals surface area contributed by atoms with Crippen LogP contribution >= 0.6 is 11.3 Å². The molecule has 0 spiro atoms. The van der Waals surface area contributed by atoms with Gasteiger partial charge in [0.15, 0.2) is 0 Å². The van der Waals surface area contributed by atoms with Gasteiger partial charge in [0.1, 0.15) is 12.2 Å². The highest BCUT2D eigenvalue weighted by molar-refractivity contribution is 7.09. The summed E-state index contributed by atoms with van der Waals surface area (Å²) in [7, 11) is 2.82. The van der Waals surface area contributed by atoms with E-state index in [-0.39, 0.29) is 12.5 Å². The lowest BCUT2D eigenvalue weighted by molar-refractivity contribution is -0.141. The number of amides is 1. The van der Waals surface area contributed by atoms with Gasteiger partial charge in [0.25, 0.3) is 5.91 Å². The Balaban J connectivity index is 2.74. The summed E-state index contributed by atoms with van der Waals surface area (Å²) in [5.41, 5.74) is 0.345. The summed E-state index contributed by atoms with van der Waals surface area (Å²) in [4.78, 5) is 28.8. The number of aromatic nitrogens is 1. The molecule has 1 amide bonds. The smallest absolute Gasteiger partial charge is 0.325 e. The van der Waals surface area contributed by atoms with Crippen molar-refractivity contribution in [3.63, 3.8) is 0 Å². The Morgan fingerprint density at radius 1 is 1.44 bits per heavy atom. The maximum atomic E-state index is 12.1. The minimum absolute atomic E-state index is 0.102. The number of rotatable bonds is 6. The lowest BCUT2D eigenvalue weighted by Gasteiger charge is -2.19. The molecule has 0 radical (unpaired) electrons. The summed E-state index contributed by atoms with van der Waals surface area (Å²) in [5, 5.41) is 2.48. The van der Waals surface area contributed by atoms with E-state index in [0.717, 1.165) is 5.01 Å². The second kappa shape index (κ2) is 7.07. The number of hydrogen-bond donors (Lipinski definition) is 0. The van der Waals surface area contributed by atoms with Gasteiger partial charge in [-0.05, 0) is 6.92 Å². The maximum Gasteiger partial charge on any atom is 0.325 e. The molecule has 0 bridgehead atoms. The van der Waals surface area contributed by atoms with Crippen molar-refractivity contribution < 1.29 is 19.1 Å². The number of nitrogens with zero attached hydrogens (tertiary/aromatic N) is 2. The number of carbonyl (C=O) groups excluding carboxylic acids is 2. The quantitative estimate of drug-likeness (QED) is 0.713. The van der Waals surface area contributed by atoms with Crippen LogP contribution in [0, 0.1) is 6.92 Å². The van der Waals surface area contributed by atoms with Crippen LogP contribution < -0.4 is 0 Å². The van der Waals surface area contributed by atoms with Crippen molar-refractivity contribution in [3.8, 4) is 0 Å². The number of ether oxygens (including phenoxy) is 2. The third-order valence-corrected chi connectivity index (χ3v) is 3.01. The van der Waals surface area contributed by atoms with Crippen LogP contribution in [0.25, 0.3) is 0 Å². The lowest BCUT2D eigenvalue weighted by atomic mass is 10.3. The van der Waals surface area contributed by atoms with Crippen LogP contribution in [0.4, 0.5) is 0 Å². The number of thiazole rings is 1. The first kappa shape index (κ1) is 14.6. The number of hydrogen-bond acceptors (Lipinski definition) is 6. The monoisotopic (exact) mass is 272 g/mol. The second-order valence-corrected chi connectivity index (χ2v) is 4.61. The van der Waals surface area contributed by atoms with Gasteiger partial charge in [0.05, 0.1) is 18.7 Å². The zero-order valence-electron chi connectivity index (χ0n) is 10.6. The SMILES string of the molecule is COCCN(CC(=O)OC)C(=O)c1csc(C)n1. The van der Waals surface area contributed by atoms with Gasteiger partial charge in [-0.15, -0.1) is 11.3 Å². The zero-order valence-corrected chi connectivity index (χ0v) is 11.5. The lowest BCUT2D eigenvalue weighted by Crippen LogP contribution is -2.38. The molecular formula is C11H16N2O4S. The average Bonchev–Trinajstić information content (AvgIpc) is 2.79. The highest BCUT2D eigenvalue weighted by Crippen LogP contribution is 2.10. The van der Waals surface area contributed by atoms with Crippen LogP contribution in [-0.4, -0.2) is 55.7 Å². The van der Waals surface area contributed by atoms with Gasteiger partial charge in [-0.2, -0.15) is 0 Å². The fourth-order valence-corrected chi connectivity index (χ4v) is 1.88. The first-order valence-electron chi connectivity index (χ1n) is 5.35. The van der Waals surface area contributed by atoms with Gasteiger partial charge in [-0.1, -0.05) is 0 Å². The molecule has 7 heteroatoms. The minimum Gasteiger partial charge on any atom is -0.468 e. The largest absolute Gasteiger partial charge is 0.468 e. The van der Waals surface area contributed by atoms with Crippen LogP contribution in [0.1, 0.15) is 15.5 Å². The van der Waals surface area contributed by atoms with Gasteiger partial charge >= 0.3 is 5.97 Å². The molecule has 6 nitrogen and oxygen atoms in total. The maximum absolute atomic E-state index is 12.1. The Kier molecular flexibility index (Phi) is 5.73. The molecule has 18 heavy (non-hydrogen) atoms. The van der Waals surface area contributed by atoms with Gasteiger partial charge in [0, 0.05) is 19.0 Å². The van der Waals surface area contributed by atoms with E-state index in [2.05, 4.69) is 9.72 Å². The first-order chi connectivity index (χ1) is 8.58. The van der Waals surface area contributed by atoms with E-state index >= 15 is 0 Å². The van der Waals surface area contributed by atoms with E-state index in [0.29, 0.717) is 18.8 Å². The third-order valence-electron chi connectivity index (χ3n) is 2.24. The molecule has 0 aliphatic rings. The van der Waals surface area contributed by atoms with Crippen molar-refractivity contribution in [2.75, 3.05) is 33.9 Å². The van der Waals surface area contributed by atoms with E-state index in [1.807, 2.05) is 6.92 Å². The van der Waals surface area contributed by atoms with Crippen molar-refractivity contribution in [1.29, 1.82) is 0 Å². The molecule has 0 N–H and O–H groups in total. The van der Waals surface area contributed by atoms with Crippen molar-refractivity contribution in [2.45, 2.75) is 6.92 Å². The molecule has 1 aromatic heterocycles. The number of esters is 1. The van der Waals surface area contributed by atoms with Crippen molar-refractivity contribution in [2.24, 2.45) is 0 Å². The normalized spacial score (nSPS) is 10.2. The van der Waals surface area contributed by atoms with Crippen molar-refractivity contribution >= 4 is 23.2 Å². The summed E-state index contributed by atoms with van der Waals surface area (Å²) < 4.78 is 9.48. The molecule has 0 atom stereocenters. The first-order valence-corrected chi connectivity index (χ1v) is 6.23. The van der Waals surface area contributed by atoms with E-state index in [1.54, 1.807) is 5.38 Å². The summed E-state index contributed by atoms with van der Waals surface area (Å²) in [6.45, 7) is 2.39. The summed E-state index contributed by atoms with van der Waals surface area (Å²) >= 11 is 1.39. The topological polar surface area (TPSA) is 68.7 Å². The van der Waals surface area contributed by atoms with Crippen LogP contribution in [0.3, 0.4) is 0 Å². The van der Waals surface area contributed by atoms with Crippen LogP contribution in [-0.2, 0) is 14.3 Å². The number of methoxy groups -OCH3 is 2. The fraction of sp³-hybridized carbons (Fsp3) is 0.545. The van der Waals surface area contributed by atoms with Crippen molar-refractivity contribution in [3.05, 3.63) is 16.1 Å². The molecule has 1 heterocycles. The Morgan fingerprint density at radius 2 is 2.17 bits per heavy atom. The Morgan fingerprint density at radius 3 is 2.67 bits per heavy atom. The summed E-state index contributed by atoms with van der Waals surface area (Å²) in [5.74, 6) is -0.756. The van der Waals surface area contributed by atoms with E-state index < -0.39 is 5.97 Å². The van der Waals surface area contributed by atoms with Crippen LogP contribution in [0.15, 0.2) is 5.38 Å². The molecule has 0 unspecified atom stereocenters. The fourth-order valence-electron chi connectivity index (χ4n) is 1.30. The summed E-state index contributed by atoms with van der Waals surface area (Å²) in [6.07, 6.45) is 0. The molecule has 0 fully saturated rings. The molecule has 0 aromatic carbocycles. The Bertz CT molecular complexity index is 419. The molecule has 0 saturated heterocycles. The Labute approximate surface area is 110 Å². The molecule has 0 saturated carbocycles. The molecule has 1 aromatic rings. The van der Waals surface area contributed by atoms with E-state index in [1.165, 1.54) is 30.5 Å².